The lowest BCUT2D eigenvalue weighted by Gasteiger charge is -2.35. The Kier molecular flexibility index (Phi) is 12.5. The van der Waals surface area contributed by atoms with Gasteiger partial charge in [-0.15, -0.1) is 0 Å². The van der Waals surface area contributed by atoms with E-state index in [0.29, 0.717) is 35.3 Å². The fourth-order valence-electron chi connectivity index (χ4n) is 4.21. The standard InChI is InChI=1S/C30H44O8/c1-18(9-7-11-20(3)13-15-26(32)33)8-6-10-19(2)12-14-23-16-25(21(4)22(5)27(23)34)38-30-29(36)28(35)24(31)17-37-30/h8,11-12,16,24,28-31,34-36H,6-7,9-10,13-15,17H2,1-5H3,(H,32,33). The molecule has 5 N–H and O–H groups in total. The average molecular weight is 533 g/mol. The van der Waals surface area contributed by atoms with Gasteiger partial charge in [-0.3, -0.25) is 4.79 Å². The Bertz CT molecular complexity index is 1040. The molecule has 1 aromatic rings. The highest BCUT2D eigenvalue weighted by Crippen LogP contribution is 2.35. The van der Waals surface area contributed by atoms with E-state index in [4.69, 9.17) is 14.6 Å². The molecular weight excluding hydrogens is 488 g/mol. The van der Waals surface area contributed by atoms with Crippen molar-refractivity contribution < 1.29 is 39.8 Å². The van der Waals surface area contributed by atoms with E-state index in [0.717, 1.165) is 31.3 Å². The fourth-order valence-corrected chi connectivity index (χ4v) is 4.21. The molecule has 0 saturated carbocycles. The van der Waals surface area contributed by atoms with E-state index < -0.39 is 30.6 Å². The number of allylic oxidation sites excluding steroid dienone is 6. The first kappa shape index (κ1) is 31.6. The predicted octanol–water partition coefficient (Wildman–Crippen LogP) is 4.63. The van der Waals surface area contributed by atoms with E-state index >= 15 is 0 Å². The van der Waals surface area contributed by atoms with Crippen LogP contribution in [0.1, 0.15) is 76.0 Å². The number of aromatic hydroxyl groups is 1. The molecule has 0 aliphatic carbocycles. The van der Waals surface area contributed by atoms with Crippen molar-refractivity contribution >= 4 is 5.97 Å². The SMILES string of the molecule is CC(=CCCC(C)=CCc1cc(OC2OCC(O)C(O)C2O)c(C)c(C)c1O)CCC=C(C)CCC(=O)O. The number of carboxylic acids is 1. The van der Waals surface area contributed by atoms with Crippen molar-refractivity contribution in [2.75, 3.05) is 6.61 Å². The molecule has 0 aromatic heterocycles. The summed E-state index contributed by atoms with van der Waals surface area (Å²) in [5.41, 5.74) is 5.67. The molecule has 0 radical (unpaired) electrons. The van der Waals surface area contributed by atoms with Crippen molar-refractivity contribution in [3.05, 3.63) is 57.7 Å². The second kappa shape index (κ2) is 15.1. The lowest BCUT2D eigenvalue weighted by molar-refractivity contribution is -0.242. The smallest absolute Gasteiger partial charge is 0.303 e. The van der Waals surface area contributed by atoms with E-state index in [9.17, 15) is 25.2 Å². The van der Waals surface area contributed by atoms with Crippen LogP contribution in [0.5, 0.6) is 11.5 Å². The first-order chi connectivity index (χ1) is 17.9. The van der Waals surface area contributed by atoms with Gasteiger partial charge >= 0.3 is 5.97 Å². The molecule has 1 aliphatic heterocycles. The third-order valence-corrected chi connectivity index (χ3v) is 7.06. The molecule has 2 rings (SSSR count). The van der Waals surface area contributed by atoms with Crippen molar-refractivity contribution in [1.82, 2.24) is 0 Å². The third-order valence-electron chi connectivity index (χ3n) is 7.06. The van der Waals surface area contributed by atoms with Gasteiger partial charge in [0.05, 0.1) is 6.61 Å². The van der Waals surface area contributed by atoms with Crippen molar-refractivity contribution in [1.29, 1.82) is 0 Å². The largest absolute Gasteiger partial charge is 0.507 e. The van der Waals surface area contributed by atoms with Crippen LogP contribution < -0.4 is 4.74 Å². The first-order valence-corrected chi connectivity index (χ1v) is 13.2. The summed E-state index contributed by atoms with van der Waals surface area (Å²) in [6.07, 6.45) is 6.30. The Balaban J connectivity index is 1.94. The summed E-state index contributed by atoms with van der Waals surface area (Å²) in [7, 11) is 0. The summed E-state index contributed by atoms with van der Waals surface area (Å²) in [5.74, 6) is -0.128. The maximum atomic E-state index is 10.7. The van der Waals surface area contributed by atoms with Gasteiger partial charge in [-0.25, -0.2) is 0 Å². The minimum absolute atomic E-state index is 0.148. The number of carboxylic acid groups (broad SMARTS) is 1. The minimum Gasteiger partial charge on any atom is -0.507 e. The molecule has 1 aromatic carbocycles. The average Bonchev–Trinajstić information content (AvgIpc) is 2.87. The normalized spacial score (nSPS) is 23.0. The molecular formula is C30H44O8. The molecule has 0 bridgehead atoms. The highest BCUT2D eigenvalue weighted by Gasteiger charge is 2.39. The van der Waals surface area contributed by atoms with Crippen LogP contribution in [0.25, 0.3) is 0 Å². The van der Waals surface area contributed by atoms with Crippen molar-refractivity contribution in [3.8, 4) is 11.5 Å². The van der Waals surface area contributed by atoms with Crippen LogP contribution in [0, 0.1) is 13.8 Å². The Labute approximate surface area is 225 Å². The van der Waals surface area contributed by atoms with Gasteiger partial charge in [-0.1, -0.05) is 34.9 Å². The number of aliphatic hydroxyl groups is 3. The van der Waals surface area contributed by atoms with Gasteiger partial charge in [0.1, 0.15) is 29.8 Å². The van der Waals surface area contributed by atoms with Gasteiger partial charge in [0.25, 0.3) is 0 Å². The van der Waals surface area contributed by atoms with Crippen LogP contribution >= 0.6 is 0 Å². The molecule has 1 fully saturated rings. The Morgan fingerprint density at radius 2 is 1.50 bits per heavy atom. The lowest BCUT2D eigenvalue weighted by atomic mass is 9.99. The van der Waals surface area contributed by atoms with E-state index in [1.807, 2.05) is 6.92 Å². The maximum Gasteiger partial charge on any atom is 0.303 e. The fraction of sp³-hybridized carbons (Fsp3) is 0.567. The number of hydrogen-bond acceptors (Lipinski definition) is 7. The maximum absolute atomic E-state index is 10.7. The van der Waals surface area contributed by atoms with E-state index in [2.05, 4.69) is 32.1 Å². The zero-order chi connectivity index (χ0) is 28.4. The molecule has 8 nitrogen and oxygen atoms in total. The lowest BCUT2D eigenvalue weighted by Crippen LogP contribution is -2.54. The quantitative estimate of drug-likeness (QED) is 0.232. The van der Waals surface area contributed by atoms with Crippen LogP contribution in [-0.4, -0.2) is 62.7 Å². The van der Waals surface area contributed by atoms with Gasteiger partial charge in [-0.05, 0) is 90.3 Å². The summed E-state index contributed by atoms with van der Waals surface area (Å²) in [4.78, 5) is 10.7. The highest BCUT2D eigenvalue weighted by molar-refractivity contribution is 5.67. The van der Waals surface area contributed by atoms with Crippen LogP contribution in [0.3, 0.4) is 0 Å². The van der Waals surface area contributed by atoms with Crippen molar-refractivity contribution in [2.24, 2.45) is 0 Å². The summed E-state index contributed by atoms with van der Waals surface area (Å²) >= 11 is 0. The highest BCUT2D eigenvalue weighted by atomic mass is 16.7. The number of hydrogen-bond donors (Lipinski definition) is 5. The zero-order valence-electron chi connectivity index (χ0n) is 23.2. The van der Waals surface area contributed by atoms with Crippen LogP contribution in [0.15, 0.2) is 41.0 Å². The number of aliphatic hydroxyl groups excluding tert-OH is 3. The molecule has 1 saturated heterocycles. The molecule has 1 heterocycles. The van der Waals surface area contributed by atoms with Gasteiger partial charge in [-0.2, -0.15) is 0 Å². The Hall–Kier alpha value is -2.65. The first-order valence-electron chi connectivity index (χ1n) is 13.2. The van der Waals surface area contributed by atoms with Crippen LogP contribution in [0.2, 0.25) is 0 Å². The van der Waals surface area contributed by atoms with E-state index in [1.54, 1.807) is 19.9 Å². The molecule has 8 heteroatoms. The molecule has 0 amide bonds. The van der Waals surface area contributed by atoms with Gasteiger partial charge < -0.3 is 35.0 Å². The molecule has 212 valence electrons. The predicted molar refractivity (Wildman–Crippen MR) is 146 cm³/mol. The van der Waals surface area contributed by atoms with E-state index in [1.165, 1.54) is 11.1 Å². The molecule has 4 atom stereocenters. The van der Waals surface area contributed by atoms with Crippen LogP contribution in [0.4, 0.5) is 0 Å². The number of rotatable bonds is 13. The second-order valence-electron chi connectivity index (χ2n) is 10.3. The van der Waals surface area contributed by atoms with Gasteiger partial charge in [0.15, 0.2) is 0 Å². The molecule has 38 heavy (non-hydrogen) atoms. The number of aliphatic carboxylic acids is 1. The Morgan fingerprint density at radius 1 is 0.921 bits per heavy atom. The summed E-state index contributed by atoms with van der Waals surface area (Å²) in [6.45, 7) is 9.60. The molecule has 1 aliphatic rings. The zero-order valence-corrected chi connectivity index (χ0v) is 23.2. The van der Waals surface area contributed by atoms with Crippen LogP contribution in [-0.2, 0) is 16.0 Å². The summed E-state index contributed by atoms with van der Waals surface area (Å²) in [6, 6.07) is 1.73. The monoisotopic (exact) mass is 532 g/mol. The Morgan fingerprint density at radius 3 is 2.11 bits per heavy atom. The van der Waals surface area contributed by atoms with Gasteiger partial charge in [0, 0.05) is 12.0 Å². The number of carbonyl (C=O) groups is 1. The number of phenolic OH excluding ortho intramolecular Hbond substituents is 1. The third kappa shape index (κ3) is 9.58. The second-order valence-corrected chi connectivity index (χ2v) is 10.3. The molecule has 0 spiro atoms. The van der Waals surface area contributed by atoms with Crippen molar-refractivity contribution in [2.45, 2.75) is 104 Å². The van der Waals surface area contributed by atoms with Gasteiger partial charge in [0.2, 0.25) is 6.29 Å². The van der Waals surface area contributed by atoms with Crippen molar-refractivity contribution in [3.63, 3.8) is 0 Å². The number of ether oxygens (including phenoxy) is 2. The van der Waals surface area contributed by atoms with E-state index in [-0.39, 0.29) is 18.8 Å². The molecule has 4 unspecified atom stereocenters. The topological polar surface area (TPSA) is 137 Å². The number of phenols is 1. The minimum atomic E-state index is -1.40. The summed E-state index contributed by atoms with van der Waals surface area (Å²) in [5, 5.41) is 49.3. The number of benzene rings is 1. The summed E-state index contributed by atoms with van der Waals surface area (Å²) < 4.78 is 11.2.